The number of hydrogen-bond donors (Lipinski definition) is 4. The quantitative estimate of drug-likeness (QED) is 0.0389. The molecule has 61 heavy (non-hydrogen) atoms. The second-order valence-corrected chi connectivity index (χ2v) is 16.3. The van der Waals surface area contributed by atoms with Gasteiger partial charge < -0.3 is 34.3 Å². The Hall–Kier alpha value is -6.64. The number of carbonyl (C=O) groups is 5. The maximum atomic E-state index is 13.8. The molecular formula is C46H55N5O10. The number of fused-ring (bicyclic) bond motifs is 7. The first-order valence-corrected chi connectivity index (χ1v) is 20.2. The van der Waals surface area contributed by atoms with E-state index in [0.29, 0.717) is 24.3 Å². The zero-order valence-corrected chi connectivity index (χ0v) is 35.7. The maximum absolute atomic E-state index is 13.8. The molecule has 0 bridgehead atoms. The molecule has 4 aromatic carbocycles. The van der Waals surface area contributed by atoms with Crippen LogP contribution in [0.1, 0.15) is 67.2 Å². The molecule has 0 aromatic heterocycles. The van der Waals surface area contributed by atoms with Crippen molar-refractivity contribution in [3.05, 3.63) is 84.9 Å². The van der Waals surface area contributed by atoms with Gasteiger partial charge in [0.25, 0.3) is 5.91 Å². The van der Waals surface area contributed by atoms with E-state index < -0.39 is 59.9 Å². The van der Waals surface area contributed by atoms with Crippen molar-refractivity contribution in [3.63, 3.8) is 0 Å². The lowest BCUT2D eigenvalue weighted by Gasteiger charge is -2.22. The molecule has 0 fully saturated rings. The number of amides is 4. The van der Waals surface area contributed by atoms with Crippen LogP contribution < -0.4 is 30.7 Å². The third kappa shape index (κ3) is 13.4. The molecule has 1 aliphatic heterocycles. The smallest absolute Gasteiger partial charge is 0.414 e. The number of alkyl carbamates (subject to hydrolysis) is 2. The third-order valence-corrected chi connectivity index (χ3v) is 9.13. The topological polar surface area (TPSA) is 192 Å². The van der Waals surface area contributed by atoms with Gasteiger partial charge in [0.15, 0.2) is 6.61 Å². The van der Waals surface area contributed by atoms with Gasteiger partial charge in [0, 0.05) is 17.7 Å². The molecule has 2 atom stereocenters. The van der Waals surface area contributed by atoms with E-state index >= 15 is 0 Å². The van der Waals surface area contributed by atoms with Gasteiger partial charge in [0.05, 0.1) is 7.11 Å². The predicted molar refractivity (Wildman–Crippen MR) is 232 cm³/mol. The van der Waals surface area contributed by atoms with Crippen LogP contribution in [0.5, 0.6) is 11.5 Å². The highest BCUT2D eigenvalue weighted by atomic mass is 16.6. The summed E-state index contributed by atoms with van der Waals surface area (Å²) in [5.41, 5.74) is -0.0837. The Bertz CT molecular complexity index is 2260. The van der Waals surface area contributed by atoms with Crippen LogP contribution in [0.25, 0.3) is 32.7 Å². The molecule has 0 spiro atoms. The van der Waals surface area contributed by atoms with Crippen molar-refractivity contribution in [2.24, 2.45) is 4.99 Å². The van der Waals surface area contributed by atoms with Gasteiger partial charge in [-0.05, 0) is 101 Å². The summed E-state index contributed by atoms with van der Waals surface area (Å²) < 4.78 is 28.3. The van der Waals surface area contributed by atoms with E-state index in [-0.39, 0.29) is 32.0 Å². The molecule has 0 saturated heterocycles. The molecule has 5 rings (SSSR count). The summed E-state index contributed by atoms with van der Waals surface area (Å²) in [6, 6.07) is 21.3. The molecule has 4 N–H and O–H groups in total. The largest absolute Gasteiger partial charge is 0.489 e. The van der Waals surface area contributed by atoms with Gasteiger partial charge in [-0.15, -0.1) is 0 Å². The standard InChI is InChI=1S/C46H55N5O10/c1-45(2,3)60-43(55)50-42(51-44(56)61-46(4,5)6)47-26-14-12-20-33-40(53)49-34(41(54)57-7)21-13-15-27-58-35-24-22-29-16-8-10-18-31(29)38(35)39-32-19-11-9-17-30(32)23-25-36(39)59-28-37(52)48-33/h8-11,13,15-19,22-25,33-34H,12,14,20-21,26-28H2,1-7H3,(H,48,52)(H,49,53)(H2,47,50,51,55,56)/b15-13+/t33-,34+/m1/s1. The molecule has 0 unspecified atom stereocenters. The number of aliphatic imine (C=N–C) groups is 1. The number of unbranched alkanes of at least 4 members (excludes halogenated alkanes) is 1. The van der Waals surface area contributed by atoms with Crippen LogP contribution in [-0.4, -0.2) is 86.1 Å². The number of methoxy groups -OCH3 is 1. The fourth-order valence-corrected chi connectivity index (χ4v) is 6.54. The SMILES string of the molecule is COC(=O)[C@@H]1C/C=C/COc2ccc3ccccc3c2-c2c(ccc3ccccc23)OCC(=O)N[C@H](CCCCN=C(NC(=O)OC(C)(C)C)NC(=O)OC(C)(C)C)C(=O)N1. The van der Waals surface area contributed by atoms with Crippen LogP contribution in [0.3, 0.4) is 0 Å². The average Bonchev–Trinajstić information content (AvgIpc) is 3.19. The number of hydrogen-bond acceptors (Lipinski definition) is 11. The summed E-state index contributed by atoms with van der Waals surface area (Å²) in [5, 5.41) is 14.2. The predicted octanol–water partition coefficient (Wildman–Crippen LogP) is 7.10. The summed E-state index contributed by atoms with van der Waals surface area (Å²) >= 11 is 0. The molecule has 1 aliphatic rings. The minimum atomic E-state index is -1.09. The molecular weight excluding hydrogens is 783 g/mol. The van der Waals surface area contributed by atoms with E-state index in [1.807, 2.05) is 72.8 Å². The van der Waals surface area contributed by atoms with E-state index in [4.69, 9.17) is 23.7 Å². The van der Waals surface area contributed by atoms with Crippen molar-refractivity contribution >= 4 is 57.5 Å². The highest BCUT2D eigenvalue weighted by Crippen LogP contribution is 2.45. The number of guanidine groups is 1. The number of carbonyl (C=O) groups excluding carboxylic acids is 5. The molecule has 15 heteroatoms. The van der Waals surface area contributed by atoms with Gasteiger partial charge in [-0.1, -0.05) is 72.8 Å². The fraction of sp³-hybridized carbons (Fsp3) is 0.391. The van der Waals surface area contributed by atoms with Crippen molar-refractivity contribution in [1.29, 1.82) is 0 Å². The van der Waals surface area contributed by atoms with Crippen molar-refractivity contribution in [1.82, 2.24) is 21.3 Å². The average molecular weight is 838 g/mol. The Morgan fingerprint density at radius 2 is 1.30 bits per heavy atom. The molecule has 0 saturated carbocycles. The van der Waals surface area contributed by atoms with Crippen molar-refractivity contribution < 1.29 is 47.7 Å². The van der Waals surface area contributed by atoms with Crippen LogP contribution >= 0.6 is 0 Å². The van der Waals surface area contributed by atoms with Crippen LogP contribution in [0.4, 0.5) is 9.59 Å². The zero-order chi connectivity index (χ0) is 44.2. The number of benzene rings is 4. The first kappa shape index (κ1) is 45.4. The number of ether oxygens (including phenoxy) is 5. The molecule has 4 aromatic rings. The minimum Gasteiger partial charge on any atom is -0.489 e. The Kier molecular flexibility index (Phi) is 15.3. The van der Waals surface area contributed by atoms with E-state index in [1.54, 1.807) is 53.7 Å². The summed E-state index contributed by atoms with van der Waals surface area (Å²) in [6.07, 6.45) is 2.78. The first-order valence-electron chi connectivity index (χ1n) is 20.2. The van der Waals surface area contributed by atoms with E-state index in [9.17, 15) is 24.0 Å². The first-order chi connectivity index (χ1) is 29.0. The summed E-state index contributed by atoms with van der Waals surface area (Å²) in [7, 11) is 1.23. The van der Waals surface area contributed by atoms with Crippen LogP contribution in [0, 0.1) is 0 Å². The number of nitrogens with zero attached hydrogens (tertiary/aromatic N) is 1. The molecule has 0 radical (unpaired) electrons. The molecule has 324 valence electrons. The Morgan fingerprint density at radius 3 is 1.85 bits per heavy atom. The van der Waals surface area contributed by atoms with Gasteiger partial charge in [-0.25, -0.2) is 14.4 Å². The molecule has 15 nitrogen and oxygen atoms in total. The van der Waals surface area contributed by atoms with E-state index in [2.05, 4.69) is 26.3 Å². The van der Waals surface area contributed by atoms with Gasteiger partial charge >= 0.3 is 18.2 Å². The van der Waals surface area contributed by atoms with Crippen molar-refractivity contribution in [3.8, 4) is 22.6 Å². The number of rotatable bonds is 6. The van der Waals surface area contributed by atoms with Gasteiger partial charge in [-0.3, -0.25) is 25.2 Å². The van der Waals surface area contributed by atoms with Crippen LogP contribution in [-0.2, 0) is 28.6 Å². The zero-order valence-electron chi connectivity index (χ0n) is 35.7. The molecule has 4 amide bonds. The normalized spacial score (nSPS) is 16.8. The summed E-state index contributed by atoms with van der Waals surface area (Å²) in [5.74, 6) is -0.998. The van der Waals surface area contributed by atoms with Crippen molar-refractivity contribution in [2.75, 3.05) is 26.9 Å². The molecule has 0 aliphatic carbocycles. The van der Waals surface area contributed by atoms with Gasteiger partial charge in [-0.2, -0.15) is 0 Å². The van der Waals surface area contributed by atoms with Crippen LogP contribution in [0.2, 0.25) is 0 Å². The van der Waals surface area contributed by atoms with Gasteiger partial charge in [0.2, 0.25) is 11.9 Å². The Labute approximate surface area is 355 Å². The summed E-state index contributed by atoms with van der Waals surface area (Å²) in [6.45, 7) is 10.0. The lowest BCUT2D eigenvalue weighted by molar-refractivity contribution is -0.145. The lowest BCUT2D eigenvalue weighted by Crippen LogP contribution is -2.52. The minimum absolute atomic E-state index is 0.0936. The fourth-order valence-electron chi connectivity index (χ4n) is 6.54. The van der Waals surface area contributed by atoms with Gasteiger partial charge in [0.1, 0.15) is 41.4 Å². The number of esters is 1. The second kappa shape index (κ2) is 20.6. The Morgan fingerprint density at radius 1 is 0.738 bits per heavy atom. The number of nitrogens with one attached hydrogen (secondary N) is 4. The van der Waals surface area contributed by atoms with Crippen molar-refractivity contribution in [2.45, 2.75) is 90.5 Å². The van der Waals surface area contributed by atoms with E-state index in [0.717, 1.165) is 32.7 Å². The molecule has 1 heterocycles. The lowest BCUT2D eigenvalue weighted by atomic mass is 9.92. The maximum Gasteiger partial charge on any atom is 0.414 e. The summed E-state index contributed by atoms with van der Waals surface area (Å²) in [4.78, 5) is 69.8. The van der Waals surface area contributed by atoms with Crippen LogP contribution in [0.15, 0.2) is 89.9 Å². The Balaban J connectivity index is 1.41. The monoisotopic (exact) mass is 837 g/mol. The second-order valence-electron chi connectivity index (χ2n) is 16.3. The highest BCUT2D eigenvalue weighted by Gasteiger charge is 2.28. The highest BCUT2D eigenvalue weighted by molar-refractivity contribution is 6.10. The van der Waals surface area contributed by atoms with E-state index in [1.165, 1.54) is 7.11 Å². The third-order valence-electron chi connectivity index (χ3n) is 9.13.